The number of piperazine rings is 1. The molecular weight excluding hydrogens is 499 g/mol. The van der Waals surface area contributed by atoms with Gasteiger partial charge in [-0.2, -0.15) is 0 Å². The van der Waals surface area contributed by atoms with E-state index >= 15 is 0 Å². The fourth-order valence-electron chi connectivity index (χ4n) is 4.31. The summed E-state index contributed by atoms with van der Waals surface area (Å²) in [6, 6.07) is 15.3. The number of para-hydroxylation sites is 1. The highest BCUT2D eigenvalue weighted by atomic mass is 35.5. The Hall–Kier alpha value is -3.33. The van der Waals surface area contributed by atoms with Crippen molar-refractivity contribution < 1.29 is 9.63 Å². The highest BCUT2D eigenvalue weighted by Gasteiger charge is 2.22. The van der Waals surface area contributed by atoms with E-state index in [2.05, 4.69) is 32.2 Å². The monoisotopic (exact) mass is 524 g/mol. The van der Waals surface area contributed by atoms with Gasteiger partial charge in [-0.05, 0) is 44.3 Å². The Labute approximate surface area is 219 Å². The lowest BCUT2D eigenvalue weighted by Crippen LogP contribution is -2.44. The Morgan fingerprint density at radius 2 is 1.67 bits per heavy atom. The Balaban J connectivity index is 1.35. The summed E-state index contributed by atoms with van der Waals surface area (Å²) < 4.78 is 0. The Morgan fingerprint density at radius 3 is 2.36 bits per heavy atom. The largest absolute Gasteiger partial charge is 0.388 e. The summed E-state index contributed by atoms with van der Waals surface area (Å²) >= 11 is 12.6. The fraction of sp³-hybridized carbons (Fsp3) is 0.269. The van der Waals surface area contributed by atoms with Crippen molar-refractivity contribution in [1.82, 2.24) is 19.8 Å². The molecule has 3 heterocycles. The summed E-state index contributed by atoms with van der Waals surface area (Å²) in [7, 11) is 2.14. The van der Waals surface area contributed by atoms with E-state index in [1.807, 2.05) is 55.5 Å². The number of carbonyl (C=O) groups excluding carboxylic acids is 1. The van der Waals surface area contributed by atoms with Gasteiger partial charge in [0.25, 0.3) is 5.91 Å². The molecule has 36 heavy (non-hydrogen) atoms. The van der Waals surface area contributed by atoms with E-state index in [1.54, 1.807) is 0 Å². The molecule has 8 nitrogen and oxygen atoms in total. The molecule has 0 bridgehead atoms. The highest BCUT2D eigenvalue weighted by molar-refractivity contribution is 6.35. The number of amides is 1. The number of anilines is 2. The standard InChI is InChI=1S/C26H26Cl2N6O2/c1-17(24-21(27)15-29-16-22(24)28)36-34-23-6-4-3-5-20(23)25(31-34)26(35)30-18-7-9-19(10-8-18)33-13-11-32(2)12-14-33/h3-10,15-17H,11-14H2,1-2H3,(H,30,35). The molecule has 1 saturated heterocycles. The van der Waals surface area contributed by atoms with Crippen LogP contribution in [0.2, 0.25) is 10.0 Å². The zero-order chi connectivity index (χ0) is 25.2. The molecule has 4 aromatic rings. The Bertz CT molecular complexity index is 1360. The summed E-state index contributed by atoms with van der Waals surface area (Å²) in [5.41, 5.74) is 3.35. The number of fused-ring (bicyclic) bond motifs is 1. The molecule has 1 aliphatic heterocycles. The predicted molar refractivity (Wildman–Crippen MR) is 143 cm³/mol. The summed E-state index contributed by atoms with van der Waals surface area (Å²) in [6.45, 7) is 5.86. The van der Waals surface area contributed by atoms with Crippen LogP contribution in [0.15, 0.2) is 60.9 Å². The number of aromatic nitrogens is 3. The normalized spacial score (nSPS) is 15.2. The van der Waals surface area contributed by atoms with E-state index in [-0.39, 0.29) is 11.6 Å². The van der Waals surface area contributed by atoms with Crippen LogP contribution in [0.1, 0.15) is 29.1 Å². The second kappa shape index (κ2) is 10.3. The lowest BCUT2D eigenvalue weighted by Gasteiger charge is -2.34. The van der Waals surface area contributed by atoms with Crippen LogP contribution in [0.5, 0.6) is 0 Å². The quantitative estimate of drug-likeness (QED) is 0.385. The Kier molecular flexibility index (Phi) is 7.00. The van der Waals surface area contributed by atoms with E-state index in [0.717, 1.165) is 31.9 Å². The second-order valence-corrected chi connectivity index (χ2v) is 9.61. The summed E-state index contributed by atoms with van der Waals surface area (Å²) in [6.07, 6.45) is 2.49. The maximum Gasteiger partial charge on any atom is 0.276 e. The van der Waals surface area contributed by atoms with Crippen molar-refractivity contribution in [2.45, 2.75) is 13.0 Å². The van der Waals surface area contributed by atoms with Crippen LogP contribution < -0.4 is 15.1 Å². The number of pyridine rings is 1. The third-order valence-electron chi connectivity index (χ3n) is 6.32. The molecule has 1 amide bonds. The van der Waals surface area contributed by atoms with Crippen LogP contribution in [0.25, 0.3) is 10.9 Å². The number of halogens is 2. The lowest BCUT2D eigenvalue weighted by molar-refractivity contribution is 0.0321. The minimum absolute atomic E-state index is 0.257. The molecule has 1 fully saturated rings. The lowest BCUT2D eigenvalue weighted by atomic mass is 10.2. The first-order chi connectivity index (χ1) is 17.4. The molecule has 5 rings (SSSR count). The molecular formula is C26H26Cl2N6O2. The van der Waals surface area contributed by atoms with Crippen LogP contribution >= 0.6 is 23.2 Å². The van der Waals surface area contributed by atoms with Crippen LogP contribution in [0.3, 0.4) is 0 Å². The van der Waals surface area contributed by atoms with Gasteiger partial charge in [-0.25, -0.2) is 0 Å². The van der Waals surface area contributed by atoms with Gasteiger partial charge in [0.2, 0.25) is 0 Å². The first-order valence-corrected chi connectivity index (χ1v) is 12.4. The minimum Gasteiger partial charge on any atom is -0.388 e. The first-order valence-electron chi connectivity index (χ1n) is 11.7. The maximum atomic E-state index is 13.2. The topological polar surface area (TPSA) is 75.5 Å². The fourth-order valence-corrected chi connectivity index (χ4v) is 4.98. The van der Waals surface area contributed by atoms with Crippen LogP contribution in [-0.2, 0) is 0 Å². The molecule has 1 unspecified atom stereocenters. The molecule has 1 aliphatic rings. The molecule has 0 spiro atoms. The van der Waals surface area contributed by atoms with Crippen LogP contribution in [-0.4, -0.2) is 59.0 Å². The third-order valence-corrected chi connectivity index (χ3v) is 6.92. The molecule has 186 valence electrons. The van der Waals surface area contributed by atoms with Crippen molar-refractivity contribution >= 4 is 51.4 Å². The van der Waals surface area contributed by atoms with Crippen molar-refractivity contribution in [3.8, 4) is 0 Å². The number of nitrogens with one attached hydrogen (secondary N) is 1. The number of benzene rings is 2. The van der Waals surface area contributed by atoms with Crippen molar-refractivity contribution in [1.29, 1.82) is 0 Å². The van der Waals surface area contributed by atoms with Gasteiger partial charge in [-0.3, -0.25) is 9.78 Å². The van der Waals surface area contributed by atoms with Gasteiger partial charge in [-0.15, -0.1) is 5.10 Å². The van der Waals surface area contributed by atoms with Gasteiger partial charge in [0, 0.05) is 60.9 Å². The number of likely N-dealkylation sites (N-methyl/N-ethyl adjacent to an activating group) is 1. The van der Waals surface area contributed by atoms with E-state index in [1.165, 1.54) is 17.2 Å². The first kappa shape index (κ1) is 24.4. The summed E-state index contributed by atoms with van der Waals surface area (Å²) in [4.78, 5) is 29.3. The summed E-state index contributed by atoms with van der Waals surface area (Å²) in [5.74, 6) is -0.325. The average Bonchev–Trinajstić information content (AvgIpc) is 3.23. The van der Waals surface area contributed by atoms with Crippen molar-refractivity contribution in [2.24, 2.45) is 0 Å². The van der Waals surface area contributed by atoms with E-state index in [0.29, 0.717) is 32.2 Å². The molecule has 1 atom stereocenters. The van der Waals surface area contributed by atoms with Crippen LogP contribution in [0.4, 0.5) is 11.4 Å². The predicted octanol–water partition coefficient (Wildman–Crippen LogP) is 4.93. The number of carbonyl (C=O) groups is 1. The van der Waals surface area contributed by atoms with Gasteiger partial charge in [-0.1, -0.05) is 46.2 Å². The van der Waals surface area contributed by atoms with Gasteiger partial charge in [0.15, 0.2) is 11.8 Å². The number of hydrogen-bond donors (Lipinski definition) is 1. The third kappa shape index (κ3) is 4.97. The van der Waals surface area contributed by atoms with Gasteiger partial charge < -0.3 is 20.0 Å². The van der Waals surface area contributed by atoms with Crippen molar-refractivity contribution in [3.05, 3.63) is 82.2 Å². The number of rotatable bonds is 6. The van der Waals surface area contributed by atoms with Gasteiger partial charge in [0.05, 0.1) is 10.0 Å². The average molecular weight is 525 g/mol. The van der Waals surface area contributed by atoms with E-state index < -0.39 is 6.10 Å². The minimum atomic E-state index is -0.533. The zero-order valence-corrected chi connectivity index (χ0v) is 21.5. The Morgan fingerprint density at radius 1 is 1.00 bits per heavy atom. The van der Waals surface area contributed by atoms with Crippen molar-refractivity contribution in [3.63, 3.8) is 0 Å². The van der Waals surface area contributed by atoms with Gasteiger partial charge in [0.1, 0.15) is 5.52 Å². The molecule has 0 saturated carbocycles. The number of nitrogens with zero attached hydrogens (tertiary/aromatic N) is 5. The highest BCUT2D eigenvalue weighted by Crippen LogP contribution is 2.30. The molecule has 0 aliphatic carbocycles. The van der Waals surface area contributed by atoms with E-state index in [4.69, 9.17) is 28.0 Å². The molecule has 2 aromatic heterocycles. The SMILES string of the molecule is CC(On1nc(C(=O)Nc2ccc(N3CCN(C)CC3)cc2)c2ccccc21)c1c(Cl)cncc1Cl. The molecule has 10 heteroatoms. The molecule has 1 N–H and O–H groups in total. The maximum absolute atomic E-state index is 13.2. The number of hydrogen-bond acceptors (Lipinski definition) is 6. The van der Waals surface area contributed by atoms with Crippen LogP contribution in [0, 0.1) is 0 Å². The zero-order valence-electron chi connectivity index (χ0n) is 20.0. The van der Waals surface area contributed by atoms with Crippen molar-refractivity contribution in [2.75, 3.05) is 43.4 Å². The summed E-state index contributed by atoms with van der Waals surface area (Å²) in [5, 5.41) is 8.89. The van der Waals surface area contributed by atoms with E-state index in [9.17, 15) is 4.79 Å². The second-order valence-electron chi connectivity index (χ2n) is 8.79. The smallest absolute Gasteiger partial charge is 0.276 e. The molecule has 0 radical (unpaired) electrons. The van der Waals surface area contributed by atoms with Gasteiger partial charge >= 0.3 is 0 Å². The molecule has 2 aromatic carbocycles.